The minimum absolute atomic E-state index is 0.0991. The maximum absolute atomic E-state index is 12.0. The van der Waals surface area contributed by atoms with Crippen LogP contribution in [-0.2, 0) is 16.6 Å². The van der Waals surface area contributed by atoms with Crippen molar-refractivity contribution in [3.8, 4) is 0 Å². The fourth-order valence-corrected chi connectivity index (χ4v) is 4.20. The Morgan fingerprint density at radius 3 is 2.71 bits per heavy atom. The summed E-state index contributed by atoms with van der Waals surface area (Å²) in [5.41, 5.74) is 1.07. The van der Waals surface area contributed by atoms with E-state index in [2.05, 4.69) is 9.71 Å². The highest BCUT2D eigenvalue weighted by molar-refractivity contribution is 7.91. The minimum atomic E-state index is -3.59. The van der Waals surface area contributed by atoms with Crippen LogP contribution in [0.3, 0.4) is 0 Å². The Bertz CT molecular complexity index is 811. The molecular weight excluding hydrogens is 334 g/mol. The van der Waals surface area contributed by atoms with Gasteiger partial charge in [-0.3, -0.25) is 9.36 Å². The van der Waals surface area contributed by atoms with Gasteiger partial charge in [0.15, 0.2) is 0 Å². The molecule has 0 aliphatic carbocycles. The number of aromatic nitrogens is 2. The van der Waals surface area contributed by atoms with E-state index in [9.17, 15) is 13.2 Å². The Morgan fingerprint density at radius 2 is 2.10 bits per heavy atom. The van der Waals surface area contributed by atoms with Gasteiger partial charge in [0.05, 0.1) is 10.7 Å². The molecule has 2 aromatic rings. The van der Waals surface area contributed by atoms with Gasteiger partial charge in [0.1, 0.15) is 4.21 Å². The average molecular weight is 348 g/mol. The number of halogens is 1. The zero-order valence-corrected chi connectivity index (χ0v) is 13.8. The molecule has 0 spiro atoms. The minimum Gasteiger partial charge on any atom is -0.298 e. The lowest BCUT2D eigenvalue weighted by Crippen LogP contribution is -2.31. The molecule has 114 valence electrons. The number of sulfonamides is 1. The van der Waals surface area contributed by atoms with E-state index in [0.29, 0.717) is 15.6 Å². The lowest BCUT2D eigenvalue weighted by Gasteiger charge is -2.08. The topological polar surface area (TPSA) is 81.1 Å². The molecule has 2 rings (SSSR count). The van der Waals surface area contributed by atoms with Crippen LogP contribution in [-0.4, -0.2) is 24.5 Å². The summed E-state index contributed by atoms with van der Waals surface area (Å²) in [7, 11) is -3.59. The summed E-state index contributed by atoms with van der Waals surface area (Å²) in [5.74, 6) is 0. The first kappa shape index (κ1) is 16.2. The van der Waals surface area contributed by atoms with E-state index >= 15 is 0 Å². The van der Waals surface area contributed by atoms with Gasteiger partial charge in [-0.2, -0.15) is 0 Å². The van der Waals surface area contributed by atoms with Crippen molar-refractivity contribution in [3.63, 3.8) is 0 Å². The molecule has 0 bridgehead atoms. The summed E-state index contributed by atoms with van der Waals surface area (Å²) >= 11 is 6.70. The molecule has 0 aromatic carbocycles. The summed E-state index contributed by atoms with van der Waals surface area (Å²) in [6.45, 7) is 3.76. The van der Waals surface area contributed by atoms with Crippen molar-refractivity contribution >= 4 is 33.0 Å². The lowest BCUT2D eigenvalue weighted by molar-refractivity contribution is 0.569. The van der Waals surface area contributed by atoms with Crippen LogP contribution >= 0.6 is 22.9 Å². The number of aryl methyl sites for hydroxylation is 1. The van der Waals surface area contributed by atoms with Gasteiger partial charge in [0, 0.05) is 24.3 Å². The highest BCUT2D eigenvalue weighted by Gasteiger charge is 2.16. The average Bonchev–Trinajstić information content (AvgIpc) is 2.86. The third-order valence-corrected chi connectivity index (χ3v) is 6.16. The Kier molecular flexibility index (Phi) is 4.82. The summed E-state index contributed by atoms with van der Waals surface area (Å²) in [5, 5.41) is 0. The van der Waals surface area contributed by atoms with Crippen LogP contribution in [0.2, 0.25) is 4.34 Å². The zero-order chi connectivity index (χ0) is 15.6. The predicted octanol–water partition coefficient (Wildman–Crippen LogP) is 1.55. The monoisotopic (exact) mass is 347 g/mol. The van der Waals surface area contributed by atoms with Crippen LogP contribution < -0.4 is 10.3 Å². The number of thiophene rings is 1. The van der Waals surface area contributed by atoms with Gasteiger partial charge in [0.25, 0.3) is 5.56 Å². The van der Waals surface area contributed by atoms with Gasteiger partial charge < -0.3 is 0 Å². The van der Waals surface area contributed by atoms with E-state index in [-0.39, 0.29) is 22.9 Å². The van der Waals surface area contributed by atoms with Gasteiger partial charge >= 0.3 is 0 Å². The first-order valence-corrected chi connectivity index (χ1v) is 8.76. The second kappa shape index (κ2) is 6.27. The molecule has 0 saturated carbocycles. The van der Waals surface area contributed by atoms with Crippen molar-refractivity contribution in [3.05, 3.63) is 44.4 Å². The molecule has 0 radical (unpaired) electrons. The van der Waals surface area contributed by atoms with Crippen molar-refractivity contribution in [2.75, 3.05) is 6.54 Å². The molecule has 6 nitrogen and oxygen atoms in total. The van der Waals surface area contributed by atoms with Crippen molar-refractivity contribution in [1.29, 1.82) is 0 Å². The SMILES string of the molecule is Cc1ncn(CCNS(=O)(=O)c2ccc(Cl)s2)c(=O)c1C. The van der Waals surface area contributed by atoms with E-state index in [1.165, 1.54) is 23.0 Å². The third kappa shape index (κ3) is 3.70. The Hall–Kier alpha value is -1.22. The molecule has 0 aliphatic rings. The molecule has 2 heterocycles. The lowest BCUT2D eigenvalue weighted by atomic mass is 10.3. The molecule has 1 N–H and O–H groups in total. The molecule has 0 unspecified atom stereocenters. The Labute approximate surface area is 131 Å². The highest BCUT2D eigenvalue weighted by atomic mass is 35.5. The van der Waals surface area contributed by atoms with Crippen LogP contribution in [0.1, 0.15) is 11.3 Å². The quantitative estimate of drug-likeness (QED) is 0.889. The number of hydrogen-bond acceptors (Lipinski definition) is 5. The van der Waals surface area contributed by atoms with Crippen LogP contribution in [0, 0.1) is 13.8 Å². The van der Waals surface area contributed by atoms with E-state index < -0.39 is 10.0 Å². The second-order valence-electron chi connectivity index (χ2n) is 4.41. The van der Waals surface area contributed by atoms with Crippen molar-refractivity contribution < 1.29 is 8.42 Å². The number of nitrogens with zero attached hydrogens (tertiary/aromatic N) is 2. The summed E-state index contributed by atoms with van der Waals surface area (Å²) in [6, 6.07) is 2.97. The second-order valence-corrected chi connectivity index (χ2v) is 8.12. The molecule has 9 heteroatoms. The Balaban J connectivity index is 2.05. The van der Waals surface area contributed by atoms with Gasteiger partial charge in [-0.05, 0) is 26.0 Å². The normalized spacial score (nSPS) is 11.8. The Morgan fingerprint density at radius 1 is 1.38 bits per heavy atom. The predicted molar refractivity (Wildman–Crippen MR) is 82.5 cm³/mol. The van der Waals surface area contributed by atoms with E-state index in [1.807, 2.05) is 0 Å². The molecule has 21 heavy (non-hydrogen) atoms. The third-order valence-electron chi connectivity index (χ3n) is 2.97. The molecule has 2 aromatic heterocycles. The molecule has 0 fully saturated rings. The fraction of sp³-hybridized carbons (Fsp3) is 0.333. The maximum Gasteiger partial charge on any atom is 0.256 e. The smallest absolute Gasteiger partial charge is 0.256 e. The van der Waals surface area contributed by atoms with Crippen LogP contribution in [0.4, 0.5) is 0 Å². The van der Waals surface area contributed by atoms with Gasteiger partial charge in [-0.1, -0.05) is 11.6 Å². The summed E-state index contributed by atoms with van der Waals surface area (Å²) in [4.78, 5) is 16.0. The fourth-order valence-electron chi connectivity index (χ4n) is 1.65. The van der Waals surface area contributed by atoms with E-state index in [1.54, 1.807) is 13.8 Å². The van der Waals surface area contributed by atoms with Crippen molar-refractivity contribution in [2.45, 2.75) is 24.6 Å². The summed E-state index contributed by atoms with van der Waals surface area (Å²) < 4.78 is 28.3. The van der Waals surface area contributed by atoms with Gasteiger partial charge in [0.2, 0.25) is 10.0 Å². The molecule has 0 saturated heterocycles. The largest absolute Gasteiger partial charge is 0.298 e. The van der Waals surface area contributed by atoms with Crippen LogP contribution in [0.25, 0.3) is 0 Å². The van der Waals surface area contributed by atoms with Crippen LogP contribution in [0.5, 0.6) is 0 Å². The molecule has 0 aliphatic heterocycles. The van der Waals surface area contributed by atoms with Gasteiger partial charge in [-0.25, -0.2) is 18.1 Å². The molecule has 0 amide bonds. The van der Waals surface area contributed by atoms with Crippen LogP contribution in [0.15, 0.2) is 27.5 Å². The highest BCUT2D eigenvalue weighted by Crippen LogP contribution is 2.25. The molecule has 0 atom stereocenters. The van der Waals surface area contributed by atoms with E-state index in [0.717, 1.165) is 11.3 Å². The van der Waals surface area contributed by atoms with Crippen molar-refractivity contribution in [2.24, 2.45) is 0 Å². The van der Waals surface area contributed by atoms with Crippen molar-refractivity contribution in [1.82, 2.24) is 14.3 Å². The standard InChI is InChI=1S/C12H14ClN3O3S2/c1-8-9(2)14-7-16(12(8)17)6-5-15-21(18,19)11-4-3-10(13)20-11/h3-4,7,15H,5-6H2,1-2H3. The number of hydrogen-bond donors (Lipinski definition) is 1. The maximum atomic E-state index is 12.0. The van der Waals surface area contributed by atoms with E-state index in [4.69, 9.17) is 11.6 Å². The summed E-state index contributed by atoms with van der Waals surface area (Å²) in [6.07, 6.45) is 1.42. The number of rotatable bonds is 5. The molecular formula is C12H14ClN3O3S2. The zero-order valence-electron chi connectivity index (χ0n) is 11.5. The van der Waals surface area contributed by atoms with Gasteiger partial charge in [-0.15, -0.1) is 11.3 Å². The number of nitrogens with one attached hydrogen (secondary N) is 1. The first-order valence-electron chi connectivity index (χ1n) is 6.09. The first-order chi connectivity index (χ1) is 9.81.